The van der Waals surface area contributed by atoms with Gasteiger partial charge in [-0.1, -0.05) is 30.3 Å². The number of carbonyl (C=O) groups is 3. The van der Waals surface area contributed by atoms with Gasteiger partial charge in [-0.3, -0.25) is 9.69 Å². The maximum Gasteiger partial charge on any atom is 0.335 e. The first-order valence-corrected chi connectivity index (χ1v) is 9.04. The molecule has 0 unspecified atom stereocenters. The highest BCUT2D eigenvalue weighted by atomic mass is 16.4. The molecule has 1 aliphatic heterocycles. The van der Waals surface area contributed by atoms with Crippen molar-refractivity contribution in [2.24, 2.45) is 0 Å². The number of hydrogen-bond donors (Lipinski definition) is 1. The number of carboxylic acids is 1. The maximum absolute atomic E-state index is 13.0. The van der Waals surface area contributed by atoms with Crippen LogP contribution in [0.5, 0.6) is 0 Å². The second kappa shape index (κ2) is 8.49. The Labute approximate surface area is 158 Å². The Balaban J connectivity index is 1.85. The van der Waals surface area contributed by atoms with Crippen LogP contribution in [0.2, 0.25) is 0 Å². The molecule has 0 saturated carbocycles. The largest absolute Gasteiger partial charge is 0.478 e. The van der Waals surface area contributed by atoms with Crippen LogP contribution in [-0.2, 0) is 6.54 Å². The van der Waals surface area contributed by atoms with Crippen molar-refractivity contribution in [2.45, 2.75) is 25.8 Å². The lowest BCUT2D eigenvalue weighted by molar-refractivity contribution is 0.0692. The van der Waals surface area contributed by atoms with E-state index in [1.807, 2.05) is 6.07 Å². The number of carboxylic acid groups (broad SMARTS) is 1. The van der Waals surface area contributed by atoms with E-state index in [0.717, 1.165) is 19.3 Å². The zero-order chi connectivity index (χ0) is 19.2. The number of amides is 3. The summed E-state index contributed by atoms with van der Waals surface area (Å²) in [6.45, 7) is 1.40. The van der Waals surface area contributed by atoms with Gasteiger partial charge < -0.3 is 10.0 Å². The van der Waals surface area contributed by atoms with Gasteiger partial charge in [0.2, 0.25) is 0 Å². The summed E-state index contributed by atoms with van der Waals surface area (Å²) in [5.74, 6) is -1.36. The van der Waals surface area contributed by atoms with E-state index in [4.69, 9.17) is 5.11 Å². The summed E-state index contributed by atoms with van der Waals surface area (Å²) in [5, 5.41) is 9.03. The molecule has 3 amide bonds. The number of rotatable bonds is 4. The molecule has 6 heteroatoms. The predicted octanol–water partition coefficient (Wildman–Crippen LogP) is 3.63. The summed E-state index contributed by atoms with van der Waals surface area (Å²) in [6, 6.07) is 14.7. The molecule has 1 saturated heterocycles. The van der Waals surface area contributed by atoms with Gasteiger partial charge in [-0.25, -0.2) is 9.59 Å². The normalized spacial score (nSPS) is 13.9. The lowest BCUT2D eigenvalue weighted by Gasteiger charge is -2.32. The van der Waals surface area contributed by atoms with Crippen molar-refractivity contribution in [3.63, 3.8) is 0 Å². The molecule has 140 valence electrons. The Morgan fingerprint density at radius 1 is 0.852 bits per heavy atom. The second-order valence-electron chi connectivity index (χ2n) is 6.59. The van der Waals surface area contributed by atoms with Gasteiger partial charge in [-0.2, -0.15) is 0 Å². The van der Waals surface area contributed by atoms with Crippen LogP contribution in [0.4, 0.5) is 4.79 Å². The van der Waals surface area contributed by atoms with Crippen LogP contribution in [0, 0.1) is 0 Å². The molecule has 0 bridgehead atoms. The standard InChI is InChI=1S/C21H22N2O4/c24-19(17-7-3-1-4-8-17)23(21(27)22-13-5-2-6-14-22)15-16-9-11-18(12-10-16)20(25)26/h1,3-4,7-12H,2,5-6,13-15H2,(H,25,26). The van der Waals surface area contributed by atoms with Gasteiger partial charge in [0.05, 0.1) is 12.1 Å². The number of nitrogens with zero attached hydrogens (tertiary/aromatic N) is 2. The lowest BCUT2D eigenvalue weighted by atomic mass is 10.1. The SMILES string of the molecule is O=C(O)c1ccc(CN(C(=O)c2ccccc2)C(=O)N2CCCCC2)cc1. The summed E-state index contributed by atoms with van der Waals surface area (Å²) in [4.78, 5) is 40.0. The highest BCUT2D eigenvalue weighted by Crippen LogP contribution is 2.17. The van der Waals surface area contributed by atoms with Crippen molar-refractivity contribution in [3.05, 3.63) is 71.3 Å². The van der Waals surface area contributed by atoms with E-state index in [-0.39, 0.29) is 24.0 Å². The summed E-state index contributed by atoms with van der Waals surface area (Å²) in [7, 11) is 0. The minimum Gasteiger partial charge on any atom is -0.478 e. The number of piperidine rings is 1. The molecule has 0 radical (unpaired) electrons. The van der Waals surface area contributed by atoms with Gasteiger partial charge >= 0.3 is 12.0 Å². The van der Waals surface area contributed by atoms with Crippen molar-refractivity contribution in [1.29, 1.82) is 0 Å². The number of likely N-dealkylation sites (tertiary alicyclic amines) is 1. The topological polar surface area (TPSA) is 77.9 Å². The molecule has 0 spiro atoms. The number of carbonyl (C=O) groups excluding carboxylic acids is 2. The molecule has 2 aromatic rings. The van der Waals surface area contributed by atoms with Crippen LogP contribution in [0.1, 0.15) is 45.5 Å². The number of aromatic carboxylic acids is 1. The van der Waals surface area contributed by atoms with Crippen LogP contribution < -0.4 is 0 Å². The first kappa shape index (κ1) is 18.6. The summed E-state index contributed by atoms with van der Waals surface area (Å²) >= 11 is 0. The minimum absolute atomic E-state index is 0.100. The van der Waals surface area contributed by atoms with E-state index < -0.39 is 5.97 Å². The molecule has 2 aromatic carbocycles. The van der Waals surface area contributed by atoms with Crippen LogP contribution in [0.3, 0.4) is 0 Å². The Kier molecular flexibility index (Phi) is 5.86. The fourth-order valence-corrected chi connectivity index (χ4v) is 3.15. The maximum atomic E-state index is 13.0. The quantitative estimate of drug-likeness (QED) is 0.896. The predicted molar refractivity (Wildman–Crippen MR) is 101 cm³/mol. The van der Waals surface area contributed by atoms with Gasteiger partial charge in [-0.15, -0.1) is 0 Å². The van der Waals surface area contributed by atoms with Gasteiger partial charge in [0.15, 0.2) is 0 Å². The molecular formula is C21H22N2O4. The first-order valence-electron chi connectivity index (χ1n) is 9.04. The van der Waals surface area contributed by atoms with Crippen LogP contribution in [0.25, 0.3) is 0 Å². The fraction of sp³-hybridized carbons (Fsp3) is 0.286. The smallest absolute Gasteiger partial charge is 0.335 e. The van der Waals surface area contributed by atoms with Crippen LogP contribution in [0.15, 0.2) is 54.6 Å². The summed E-state index contributed by atoms with van der Waals surface area (Å²) < 4.78 is 0. The van der Waals surface area contributed by atoms with E-state index in [1.165, 1.54) is 17.0 Å². The zero-order valence-electron chi connectivity index (χ0n) is 15.0. The van der Waals surface area contributed by atoms with E-state index >= 15 is 0 Å². The number of hydrogen-bond acceptors (Lipinski definition) is 3. The Morgan fingerprint density at radius 3 is 2.07 bits per heavy atom. The highest BCUT2D eigenvalue weighted by molar-refractivity contribution is 6.04. The van der Waals surface area contributed by atoms with Crippen molar-refractivity contribution in [1.82, 2.24) is 9.80 Å². The molecule has 1 fully saturated rings. The summed E-state index contributed by atoms with van der Waals surface area (Å²) in [5.41, 5.74) is 1.32. The van der Waals surface area contributed by atoms with Crippen LogP contribution in [-0.4, -0.2) is 45.9 Å². The molecule has 27 heavy (non-hydrogen) atoms. The third kappa shape index (κ3) is 4.53. The Bertz CT molecular complexity index is 812. The molecule has 3 rings (SSSR count). The van der Waals surface area contributed by atoms with E-state index in [0.29, 0.717) is 24.2 Å². The molecule has 1 aliphatic rings. The molecule has 6 nitrogen and oxygen atoms in total. The first-order chi connectivity index (χ1) is 13.1. The molecule has 1 heterocycles. The van der Waals surface area contributed by atoms with Gasteiger partial charge in [0.25, 0.3) is 5.91 Å². The minimum atomic E-state index is -1.01. The van der Waals surface area contributed by atoms with Crippen LogP contribution >= 0.6 is 0 Å². The van der Waals surface area contributed by atoms with Crippen molar-refractivity contribution < 1.29 is 19.5 Å². The van der Waals surface area contributed by atoms with E-state index in [1.54, 1.807) is 41.3 Å². The molecule has 0 aliphatic carbocycles. The third-order valence-electron chi connectivity index (χ3n) is 4.66. The van der Waals surface area contributed by atoms with Crippen molar-refractivity contribution >= 4 is 17.9 Å². The lowest BCUT2D eigenvalue weighted by Crippen LogP contribution is -2.47. The molecule has 1 N–H and O–H groups in total. The second-order valence-corrected chi connectivity index (χ2v) is 6.59. The highest BCUT2D eigenvalue weighted by Gasteiger charge is 2.28. The van der Waals surface area contributed by atoms with Gasteiger partial charge in [0.1, 0.15) is 0 Å². The number of urea groups is 1. The number of imide groups is 1. The van der Waals surface area contributed by atoms with Crippen molar-refractivity contribution in [3.8, 4) is 0 Å². The van der Waals surface area contributed by atoms with Gasteiger partial charge in [-0.05, 0) is 49.1 Å². The number of benzene rings is 2. The van der Waals surface area contributed by atoms with E-state index in [2.05, 4.69) is 0 Å². The molecular weight excluding hydrogens is 344 g/mol. The van der Waals surface area contributed by atoms with E-state index in [9.17, 15) is 14.4 Å². The Hall–Kier alpha value is -3.15. The third-order valence-corrected chi connectivity index (χ3v) is 4.66. The average molecular weight is 366 g/mol. The van der Waals surface area contributed by atoms with Crippen molar-refractivity contribution in [2.75, 3.05) is 13.1 Å². The Morgan fingerprint density at radius 2 is 1.48 bits per heavy atom. The zero-order valence-corrected chi connectivity index (χ0v) is 15.0. The monoisotopic (exact) mass is 366 g/mol. The average Bonchev–Trinajstić information content (AvgIpc) is 2.72. The molecule has 0 aromatic heterocycles. The fourth-order valence-electron chi connectivity index (χ4n) is 3.15. The molecule has 0 atom stereocenters. The summed E-state index contributed by atoms with van der Waals surface area (Å²) in [6.07, 6.45) is 2.96. The van der Waals surface area contributed by atoms with Gasteiger partial charge in [0, 0.05) is 18.7 Å².